The summed E-state index contributed by atoms with van der Waals surface area (Å²) in [4.78, 5) is 0. The van der Waals surface area contributed by atoms with Crippen LogP contribution in [0.25, 0.3) is 0 Å². The van der Waals surface area contributed by atoms with Crippen LogP contribution in [0, 0.1) is 11.2 Å². The molecule has 0 aromatic heterocycles. The summed E-state index contributed by atoms with van der Waals surface area (Å²) >= 11 is 3.26. The molecule has 0 saturated heterocycles. The molecule has 1 saturated carbocycles. The van der Waals surface area contributed by atoms with Crippen LogP contribution < -0.4 is 10.1 Å². The van der Waals surface area contributed by atoms with Crippen molar-refractivity contribution in [2.75, 3.05) is 7.05 Å². The zero-order valence-electron chi connectivity index (χ0n) is 10.3. The normalized spacial score (nSPS) is 26.4. The Morgan fingerprint density at radius 1 is 1.41 bits per heavy atom. The summed E-state index contributed by atoms with van der Waals surface area (Å²) in [5.74, 6) is 0.307. The van der Waals surface area contributed by atoms with Crippen LogP contribution in [0.3, 0.4) is 0 Å². The fourth-order valence-corrected chi connectivity index (χ4v) is 2.78. The van der Waals surface area contributed by atoms with Crippen molar-refractivity contribution in [3.05, 3.63) is 28.5 Å². The fraction of sp³-hybridized carbons (Fsp3) is 0.538. The Balaban J connectivity index is 2.08. The maximum absolute atomic E-state index is 13.2. The molecule has 1 aliphatic carbocycles. The van der Waals surface area contributed by atoms with Crippen LogP contribution in [0.15, 0.2) is 22.7 Å². The Morgan fingerprint density at radius 3 is 2.65 bits per heavy atom. The minimum Gasteiger partial charge on any atom is -0.490 e. The van der Waals surface area contributed by atoms with Crippen molar-refractivity contribution in [2.24, 2.45) is 5.41 Å². The molecule has 4 heteroatoms. The molecule has 2 rings (SSSR count). The number of rotatable bonds is 3. The summed E-state index contributed by atoms with van der Waals surface area (Å²) in [7, 11) is 1.96. The molecule has 2 nitrogen and oxygen atoms in total. The van der Waals surface area contributed by atoms with E-state index in [4.69, 9.17) is 4.74 Å². The highest BCUT2D eigenvalue weighted by Gasteiger charge is 2.49. The average molecular weight is 302 g/mol. The lowest BCUT2D eigenvalue weighted by atomic mass is 9.64. The number of ether oxygens (including phenoxy) is 1. The Morgan fingerprint density at radius 2 is 2.12 bits per heavy atom. The zero-order chi connectivity index (χ0) is 12.6. The van der Waals surface area contributed by atoms with Crippen molar-refractivity contribution in [3.8, 4) is 5.75 Å². The van der Waals surface area contributed by atoms with Gasteiger partial charge in [0.05, 0.1) is 0 Å². The molecular weight excluding hydrogens is 285 g/mol. The number of hydrogen-bond acceptors (Lipinski definition) is 2. The highest BCUT2D eigenvalue weighted by molar-refractivity contribution is 9.10. The average Bonchev–Trinajstić information content (AvgIpc) is 2.22. The van der Waals surface area contributed by atoms with Crippen LogP contribution in [0.5, 0.6) is 5.75 Å². The number of nitrogens with one attached hydrogen (secondary N) is 1. The minimum atomic E-state index is -0.281. The van der Waals surface area contributed by atoms with Gasteiger partial charge in [-0.15, -0.1) is 0 Å². The molecule has 2 atom stereocenters. The van der Waals surface area contributed by atoms with Crippen molar-refractivity contribution >= 4 is 15.9 Å². The smallest absolute Gasteiger partial charge is 0.128 e. The third-order valence-corrected chi connectivity index (χ3v) is 4.10. The minimum absolute atomic E-state index is 0.0769. The molecule has 0 aliphatic heterocycles. The largest absolute Gasteiger partial charge is 0.490 e. The van der Waals surface area contributed by atoms with Gasteiger partial charge in [-0.25, -0.2) is 4.39 Å². The van der Waals surface area contributed by atoms with E-state index in [0.717, 1.165) is 6.42 Å². The topological polar surface area (TPSA) is 21.3 Å². The lowest BCUT2D eigenvalue weighted by Crippen LogP contribution is -2.61. The van der Waals surface area contributed by atoms with Gasteiger partial charge in [0.25, 0.3) is 0 Å². The van der Waals surface area contributed by atoms with Crippen LogP contribution in [0.2, 0.25) is 0 Å². The lowest BCUT2D eigenvalue weighted by Gasteiger charge is -2.51. The number of benzene rings is 1. The molecule has 17 heavy (non-hydrogen) atoms. The lowest BCUT2D eigenvalue weighted by molar-refractivity contribution is -0.0522. The molecule has 0 spiro atoms. The highest BCUT2D eigenvalue weighted by atomic mass is 79.9. The summed E-state index contributed by atoms with van der Waals surface area (Å²) in [6.45, 7) is 4.33. The molecule has 0 bridgehead atoms. The molecule has 0 radical (unpaired) electrons. The number of halogens is 2. The first-order valence-corrected chi connectivity index (χ1v) is 6.53. The molecule has 0 amide bonds. The molecule has 2 unspecified atom stereocenters. The maximum Gasteiger partial charge on any atom is 0.128 e. The van der Waals surface area contributed by atoms with E-state index < -0.39 is 0 Å². The van der Waals surface area contributed by atoms with E-state index in [1.54, 1.807) is 6.07 Å². The van der Waals surface area contributed by atoms with E-state index in [2.05, 4.69) is 35.1 Å². The highest BCUT2D eigenvalue weighted by Crippen LogP contribution is 2.43. The van der Waals surface area contributed by atoms with E-state index in [9.17, 15) is 4.39 Å². The van der Waals surface area contributed by atoms with Gasteiger partial charge in [0, 0.05) is 28.4 Å². The zero-order valence-corrected chi connectivity index (χ0v) is 11.8. The van der Waals surface area contributed by atoms with Gasteiger partial charge in [0.15, 0.2) is 0 Å². The van der Waals surface area contributed by atoms with Crippen LogP contribution in [0.1, 0.15) is 20.3 Å². The Hall–Kier alpha value is -0.610. The second kappa shape index (κ2) is 4.58. The summed E-state index contributed by atoms with van der Waals surface area (Å²) < 4.78 is 19.8. The predicted octanol–water partition coefficient (Wildman–Crippen LogP) is 3.35. The third kappa shape index (κ3) is 2.47. The van der Waals surface area contributed by atoms with Crippen molar-refractivity contribution in [2.45, 2.75) is 32.4 Å². The first-order valence-electron chi connectivity index (χ1n) is 5.73. The van der Waals surface area contributed by atoms with Gasteiger partial charge < -0.3 is 10.1 Å². The number of hydrogen-bond donors (Lipinski definition) is 1. The first-order chi connectivity index (χ1) is 7.93. The van der Waals surface area contributed by atoms with Gasteiger partial charge in [0.2, 0.25) is 0 Å². The monoisotopic (exact) mass is 301 g/mol. The van der Waals surface area contributed by atoms with Crippen molar-refractivity contribution in [1.29, 1.82) is 0 Å². The van der Waals surface area contributed by atoms with E-state index in [-0.39, 0.29) is 17.3 Å². The van der Waals surface area contributed by atoms with Crippen molar-refractivity contribution in [3.63, 3.8) is 0 Å². The van der Waals surface area contributed by atoms with E-state index in [0.29, 0.717) is 16.3 Å². The van der Waals surface area contributed by atoms with Crippen molar-refractivity contribution < 1.29 is 9.13 Å². The predicted molar refractivity (Wildman–Crippen MR) is 69.8 cm³/mol. The molecule has 0 heterocycles. The van der Waals surface area contributed by atoms with E-state index >= 15 is 0 Å². The van der Waals surface area contributed by atoms with Crippen LogP contribution in [0.4, 0.5) is 4.39 Å². The van der Waals surface area contributed by atoms with Gasteiger partial charge in [-0.2, -0.15) is 0 Å². The second-order valence-corrected chi connectivity index (χ2v) is 6.03. The molecule has 1 aromatic carbocycles. The Labute approximate surface area is 110 Å². The molecule has 94 valence electrons. The van der Waals surface area contributed by atoms with E-state index in [1.807, 2.05) is 7.05 Å². The van der Waals surface area contributed by atoms with Crippen LogP contribution in [-0.4, -0.2) is 19.2 Å². The Kier molecular flexibility index (Phi) is 3.46. The quantitative estimate of drug-likeness (QED) is 0.924. The van der Waals surface area contributed by atoms with Gasteiger partial charge in [-0.05, 0) is 19.2 Å². The molecule has 1 aromatic rings. The molecule has 1 N–H and O–H groups in total. The summed E-state index contributed by atoms with van der Waals surface area (Å²) in [5, 5.41) is 3.27. The summed E-state index contributed by atoms with van der Waals surface area (Å²) in [6.07, 6.45) is 1.09. The maximum atomic E-state index is 13.2. The van der Waals surface area contributed by atoms with Gasteiger partial charge in [-0.1, -0.05) is 29.8 Å². The second-order valence-electron chi connectivity index (χ2n) is 5.11. The van der Waals surface area contributed by atoms with Gasteiger partial charge in [0.1, 0.15) is 17.7 Å². The van der Waals surface area contributed by atoms with Gasteiger partial charge in [-0.3, -0.25) is 0 Å². The molecule has 1 aliphatic rings. The third-order valence-electron chi connectivity index (χ3n) is 3.64. The van der Waals surface area contributed by atoms with Crippen molar-refractivity contribution in [1.82, 2.24) is 5.32 Å². The first kappa shape index (κ1) is 12.8. The molecule has 1 fully saturated rings. The SMILES string of the molecule is CNC1CC(Oc2cc(F)cc(Br)c2)C1(C)C. The van der Waals surface area contributed by atoms with Crippen LogP contribution >= 0.6 is 15.9 Å². The standard InChI is InChI=1S/C13H17BrFNO/c1-13(2)11(16-3)7-12(13)17-10-5-8(14)4-9(15)6-10/h4-6,11-12,16H,7H2,1-3H3. The van der Waals surface area contributed by atoms with Crippen LogP contribution in [-0.2, 0) is 0 Å². The molecular formula is C13H17BrFNO. The summed E-state index contributed by atoms with van der Waals surface area (Å²) in [6, 6.07) is 5.11. The van der Waals surface area contributed by atoms with E-state index in [1.165, 1.54) is 12.1 Å². The van der Waals surface area contributed by atoms with Gasteiger partial charge >= 0.3 is 0 Å². The summed E-state index contributed by atoms with van der Waals surface area (Å²) in [5.41, 5.74) is 0.0769. The Bertz CT molecular complexity index is 402. The fourth-order valence-electron chi connectivity index (χ4n) is 2.34.